The zero-order valence-electron chi connectivity index (χ0n) is 21.5. The smallest absolute Gasteiger partial charge is 0.247 e. The minimum atomic E-state index is -0.726. The van der Waals surface area contributed by atoms with Crippen LogP contribution >= 0.6 is 11.8 Å². The number of aliphatic hydroxyl groups is 1. The number of amides is 3. The first-order chi connectivity index (χ1) is 15.8. The van der Waals surface area contributed by atoms with E-state index in [4.69, 9.17) is 0 Å². The molecule has 3 amide bonds. The van der Waals surface area contributed by atoms with Crippen molar-refractivity contribution in [2.24, 2.45) is 11.8 Å². The van der Waals surface area contributed by atoms with Crippen molar-refractivity contribution in [1.82, 2.24) is 14.7 Å². The molecule has 3 fully saturated rings. The zero-order chi connectivity index (χ0) is 25.6. The molecule has 0 aliphatic carbocycles. The lowest BCUT2D eigenvalue weighted by Crippen LogP contribution is -2.60. The van der Waals surface area contributed by atoms with E-state index >= 15 is 0 Å². The van der Waals surface area contributed by atoms with Gasteiger partial charge in [0.05, 0.1) is 29.2 Å². The first-order valence-electron chi connectivity index (χ1n) is 12.3. The van der Waals surface area contributed by atoms with E-state index in [2.05, 4.69) is 20.1 Å². The summed E-state index contributed by atoms with van der Waals surface area (Å²) in [4.78, 5) is 47.1. The average Bonchev–Trinajstić information content (AvgIpc) is 3.33. The van der Waals surface area contributed by atoms with Gasteiger partial charge in [0.25, 0.3) is 0 Å². The second kappa shape index (κ2) is 9.34. The maximum absolute atomic E-state index is 14.3. The van der Waals surface area contributed by atoms with Crippen molar-refractivity contribution in [3.63, 3.8) is 0 Å². The molecule has 3 aliphatic rings. The molecule has 6 atom stereocenters. The molecule has 34 heavy (non-hydrogen) atoms. The lowest BCUT2D eigenvalue weighted by molar-refractivity contribution is -0.149. The van der Waals surface area contributed by atoms with Crippen LogP contribution in [-0.4, -0.2) is 91.4 Å². The third-order valence-corrected chi connectivity index (χ3v) is 9.94. The number of nitrogens with zero attached hydrogens (tertiary/aromatic N) is 3. The average molecular weight is 492 g/mol. The van der Waals surface area contributed by atoms with Crippen molar-refractivity contribution in [2.45, 2.75) is 81.0 Å². The molecule has 8 heteroatoms. The summed E-state index contributed by atoms with van der Waals surface area (Å²) in [6, 6.07) is -1.20. The molecule has 3 saturated heterocycles. The monoisotopic (exact) mass is 491 g/mol. The molecule has 7 nitrogen and oxygen atoms in total. The van der Waals surface area contributed by atoms with Gasteiger partial charge in [-0.1, -0.05) is 19.1 Å². The van der Waals surface area contributed by atoms with Crippen LogP contribution in [0, 0.1) is 11.8 Å². The van der Waals surface area contributed by atoms with Gasteiger partial charge in [0.2, 0.25) is 17.7 Å². The number of aliphatic hydroxyl groups excluding tert-OH is 1. The van der Waals surface area contributed by atoms with Gasteiger partial charge in [-0.05, 0) is 47.0 Å². The van der Waals surface area contributed by atoms with Crippen molar-refractivity contribution in [3.05, 3.63) is 25.3 Å². The number of thioether (sulfide) groups is 1. The summed E-state index contributed by atoms with van der Waals surface area (Å²) in [5.41, 5.74) is -0.472. The van der Waals surface area contributed by atoms with Gasteiger partial charge in [0.15, 0.2) is 0 Å². The molecule has 3 rings (SSSR count). The second-order valence-corrected chi connectivity index (χ2v) is 13.0. The van der Waals surface area contributed by atoms with Gasteiger partial charge in [-0.25, -0.2) is 0 Å². The van der Waals surface area contributed by atoms with Gasteiger partial charge in [-0.15, -0.1) is 24.9 Å². The minimum Gasteiger partial charge on any atom is -0.394 e. The molecule has 3 heterocycles. The molecule has 0 aromatic heterocycles. The van der Waals surface area contributed by atoms with Crippen LogP contribution in [-0.2, 0) is 14.4 Å². The van der Waals surface area contributed by atoms with E-state index in [0.29, 0.717) is 25.9 Å². The fourth-order valence-electron chi connectivity index (χ4n) is 6.32. The Hall–Kier alpha value is -1.80. The van der Waals surface area contributed by atoms with Crippen LogP contribution < -0.4 is 0 Å². The molecule has 1 N–H and O–H groups in total. The summed E-state index contributed by atoms with van der Waals surface area (Å²) < 4.78 is -1.10. The number of rotatable bonds is 9. The third-order valence-electron chi connectivity index (χ3n) is 7.96. The minimum absolute atomic E-state index is 0.0707. The maximum atomic E-state index is 14.3. The normalized spacial score (nSPS) is 33.0. The molecule has 0 aromatic carbocycles. The van der Waals surface area contributed by atoms with Crippen molar-refractivity contribution in [1.29, 1.82) is 0 Å². The second-order valence-electron chi connectivity index (χ2n) is 11.1. The van der Waals surface area contributed by atoms with E-state index in [0.717, 1.165) is 6.42 Å². The van der Waals surface area contributed by atoms with Crippen molar-refractivity contribution >= 4 is 29.5 Å². The summed E-state index contributed by atoms with van der Waals surface area (Å²) in [5, 5.41) is 10.2. The van der Waals surface area contributed by atoms with Crippen LogP contribution in [0.3, 0.4) is 0 Å². The summed E-state index contributed by atoms with van der Waals surface area (Å²) in [6.45, 7) is 18.1. The molecule has 0 radical (unpaired) electrons. The van der Waals surface area contributed by atoms with Crippen molar-refractivity contribution < 1.29 is 19.5 Å². The Bertz CT molecular complexity index is 867. The van der Waals surface area contributed by atoms with Crippen LogP contribution in [0.5, 0.6) is 0 Å². The third kappa shape index (κ3) is 3.91. The van der Waals surface area contributed by atoms with Gasteiger partial charge in [0, 0.05) is 30.4 Å². The van der Waals surface area contributed by atoms with Gasteiger partial charge in [-0.3, -0.25) is 14.4 Å². The Morgan fingerprint density at radius 1 is 1.24 bits per heavy atom. The number of carbonyl (C=O) groups is 3. The van der Waals surface area contributed by atoms with Crippen molar-refractivity contribution in [3.8, 4) is 0 Å². The van der Waals surface area contributed by atoms with Crippen molar-refractivity contribution in [2.75, 3.05) is 26.7 Å². The molecule has 190 valence electrons. The van der Waals surface area contributed by atoms with Crippen LogP contribution in [0.2, 0.25) is 0 Å². The zero-order valence-corrected chi connectivity index (χ0v) is 22.4. The standard InChI is InChI=1S/C26H41N3O4S/c1-9-14-27(8)21(31)18-19-22(32)29(17(11-3)16-30)20(26(19)13-12-25(18,7)34-26)23(33)28(15-10-2)24(4,5)6/h9-10,17-20,30H,1-2,11-16H2,3-8H3/t17-,18+,19-,20?,25-,26?/m0/s1. The van der Waals surface area contributed by atoms with Gasteiger partial charge in [-0.2, -0.15) is 0 Å². The fraction of sp³-hybridized carbons (Fsp3) is 0.731. The van der Waals surface area contributed by atoms with E-state index in [1.165, 1.54) is 0 Å². The Balaban J connectivity index is 2.16. The summed E-state index contributed by atoms with van der Waals surface area (Å²) in [7, 11) is 1.74. The van der Waals surface area contributed by atoms with Gasteiger partial charge < -0.3 is 19.8 Å². The Labute approximate surface area is 208 Å². The highest BCUT2D eigenvalue weighted by Crippen LogP contribution is 2.72. The number of carbonyl (C=O) groups excluding carboxylic acids is 3. The summed E-state index contributed by atoms with van der Waals surface area (Å²) >= 11 is 1.66. The van der Waals surface area contributed by atoms with Crippen LogP contribution in [0.25, 0.3) is 0 Å². The predicted octanol–water partition coefficient (Wildman–Crippen LogP) is 2.70. The molecule has 0 aromatic rings. The Morgan fingerprint density at radius 2 is 1.85 bits per heavy atom. The summed E-state index contributed by atoms with van der Waals surface area (Å²) in [5.74, 6) is -1.47. The Morgan fingerprint density at radius 3 is 2.35 bits per heavy atom. The quantitative estimate of drug-likeness (QED) is 0.502. The maximum Gasteiger partial charge on any atom is 0.247 e. The molecule has 1 spiro atoms. The van der Waals surface area contributed by atoms with Crippen LogP contribution in [0.1, 0.15) is 53.9 Å². The van der Waals surface area contributed by atoms with E-state index in [1.807, 2.05) is 27.7 Å². The highest BCUT2D eigenvalue weighted by Gasteiger charge is 2.78. The Kier molecular flexibility index (Phi) is 7.36. The van der Waals surface area contributed by atoms with Crippen LogP contribution in [0.15, 0.2) is 25.3 Å². The largest absolute Gasteiger partial charge is 0.394 e. The molecular formula is C26H41N3O4S. The predicted molar refractivity (Wildman–Crippen MR) is 136 cm³/mol. The van der Waals surface area contributed by atoms with E-state index in [9.17, 15) is 19.5 Å². The molecule has 2 bridgehead atoms. The topological polar surface area (TPSA) is 81.2 Å². The first-order valence-corrected chi connectivity index (χ1v) is 13.1. The van der Waals surface area contributed by atoms with Gasteiger partial charge in [0.1, 0.15) is 6.04 Å². The number of fused-ring (bicyclic) bond motifs is 1. The fourth-order valence-corrected chi connectivity index (χ4v) is 8.65. The highest BCUT2D eigenvalue weighted by atomic mass is 32.2. The number of hydrogen-bond donors (Lipinski definition) is 1. The number of likely N-dealkylation sites (tertiary alicyclic amines) is 1. The van der Waals surface area contributed by atoms with E-state index in [-0.39, 0.29) is 24.3 Å². The first kappa shape index (κ1) is 26.8. The van der Waals surface area contributed by atoms with Gasteiger partial charge >= 0.3 is 0 Å². The lowest BCUT2D eigenvalue weighted by Gasteiger charge is -2.43. The van der Waals surface area contributed by atoms with E-state index in [1.54, 1.807) is 45.7 Å². The number of hydrogen-bond acceptors (Lipinski definition) is 5. The SMILES string of the molecule is C=CCN(C)C(=O)[C@H]1[C@H]2C(=O)N([C@@H](CC)CO)C(C(=O)N(CC=C)C(C)(C)C)C23CC[C@]1(C)S3. The van der Waals surface area contributed by atoms with Crippen LogP contribution in [0.4, 0.5) is 0 Å². The summed E-state index contributed by atoms with van der Waals surface area (Å²) in [6.07, 6.45) is 5.38. The molecule has 3 aliphatic heterocycles. The molecule has 2 unspecified atom stereocenters. The number of likely N-dealkylation sites (N-methyl/N-ethyl adjacent to an activating group) is 1. The molecule has 0 saturated carbocycles. The van der Waals surface area contributed by atoms with E-state index < -0.39 is 39.0 Å². The highest BCUT2D eigenvalue weighted by molar-refractivity contribution is 8.02. The molecular weight excluding hydrogens is 450 g/mol. The lowest BCUT2D eigenvalue weighted by atomic mass is 9.66.